The Morgan fingerprint density at radius 1 is 1.39 bits per heavy atom. The Labute approximate surface area is 118 Å². The van der Waals surface area contributed by atoms with E-state index in [4.69, 9.17) is 0 Å². The minimum Gasteiger partial charge on any atom is -0.316 e. The van der Waals surface area contributed by atoms with Crippen molar-refractivity contribution in [2.75, 3.05) is 44.2 Å². The Hall–Kier alpha value is 0.270. The Bertz CT molecular complexity index is 197. The fourth-order valence-corrected chi connectivity index (χ4v) is 3.25. The molecule has 1 aliphatic heterocycles. The molecule has 1 atom stereocenters. The van der Waals surface area contributed by atoms with Gasteiger partial charge in [-0.05, 0) is 68.8 Å². The van der Waals surface area contributed by atoms with Crippen LogP contribution in [0.25, 0.3) is 0 Å². The molecule has 0 aromatic heterocycles. The molecule has 1 fully saturated rings. The van der Waals surface area contributed by atoms with Crippen LogP contribution in [-0.4, -0.2) is 49.1 Å². The summed E-state index contributed by atoms with van der Waals surface area (Å²) in [5.41, 5.74) is 0. The number of nitrogens with one attached hydrogen (secondary N) is 1. The Balaban J connectivity index is 2.08. The molecule has 0 radical (unpaired) electrons. The first-order valence-electron chi connectivity index (χ1n) is 7.73. The summed E-state index contributed by atoms with van der Waals surface area (Å²) in [4.78, 5) is 2.68. The minimum absolute atomic E-state index is 0.774. The molecule has 1 aliphatic rings. The fraction of sp³-hybridized carbons (Fsp3) is 1.00. The second kappa shape index (κ2) is 10.1. The van der Waals surface area contributed by atoms with E-state index in [1.54, 1.807) is 0 Å². The van der Waals surface area contributed by atoms with Crippen LogP contribution in [0.2, 0.25) is 0 Å². The predicted octanol–water partition coefficient (Wildman–Crippen LogP) is 3.09. The van der Waals surface area contributed by atoms with E-state index in [0.717, 1.165) is 11.8 Å². The lowest BCUT2D eigenvalue weighted by Crippen LogP contribution is -2.40. The third-order valence-corrected chi connectivity index (χ3v) is 4.54. The molecule has 0 aromatic rings. The maximum atomic E-state index is 3.62. The summed E-state index contributed by atoms with van der Waals surface area (Å²) in [5.74, 6) is 4.26. The van der Waals surface area contributed by atoms with Crippen molar-refractivity contribution in [2.24, 2.45) is 11.8 Å². The lowest BCUT2D eigenvalue weighted by Gasteiger charge is -2.33. The largest absolute Gasteiger partial charge is 0.316 e. The van der Waals surface area contributed by atoms with Gasteiger partial charge >= 0.3 is 0 Å². The zero-order chi connectivity index (χ0) is 13.2. The molecule has 108 valence electrons. The average molecular weight is 273 g/mol. The molecule has 0 amide bonds. The maximum Gasteiger partial charge on any atom is 0.00218 e. The van der Waals surface area contributed by atoms with Crippen molar-refractivity contribution >= 4 is 11.8 Å². The van der Waals surface area contributed by atoms with Crippen molar-refractivity contribution < 1.29 is 0 Å². The van der Waals surface area contributed by atoms with Crippen molar-refractivity contribution in [3.8, 4) is 0 Å². The van der Waals surface area contributed by atoms with Crippen LogP contribution in [0.4, 0.5) is 0 Å². The second-order valence-corrected chi connectivity index (χ2v) is 7.31. The minimum atomic E-state index is 0.774. The molecule has 1 saturated heterocycles. The van der Waals surface area contributed by atoms with Gasteiger partial charge in [0, 0.05) is 6.54 Å². The first-order valence-corrected chi connectivity index (χ1v) is 8.88. The number of thioether (sulfide) groups is 1. The zero-order valence-electron chi connectivity index (χ0n) is 12.6. The lowest BCUT2D eigenvalue weighted by atomic mass is 9.97. The van der Waals surface area contributed by atoms with Crippen LogP contribution in [0, 0.1) is 11.8 Å². The second-order valence-electron chi connectivity index (χ2n) is 5.91. The molecule has 18 heavy (non-hydrogen) atoms. The maximum absolute atomic E-state index is 3.62. The van der Waals surface area contributed by atoms with E-state index in [9.17, 15) is 0 Å². The van der Waals surface area contributed by atoms with Gasteiger partial charge in [0.05, 0.1) is 0 Å². The summed E-state index contributed by atoms with van der Waals surface area (Å²) >= 11 is 2.08. The standard InChI is InChI=1S/C15H32N2S/c1-4-18-10-6-9-17-8-5-7-15(13-17)12-16-11-14(2)3/h14-16H,4-13H2,1-3H3. The van der Waals surface area contributed by atoms with E-state index in [2.05, 4.69) is 42.7 Å². The normalized spacial score (nSPS) is 21.7. The zero-order valence-corrected chi connectivity index (χ0v) is 13.4. The van der Waals surface area contributed by atoms with Crippen molar-refractivity contribution in [3.63, 3.8) is 0 Å². The fourth-order valence-electron chi connectivity index (χ4n) is 2.63. The number of hydrogen-bond acceptors (Lipinski definition) is 3. The Kier molecular flexibility index (Phi) is 9.16. The van der Waals surface area contributed by atoms with Gasteiger partial charge in [-0.3, -0.25) is 0 Å². The summed E-state index contributed by atoms with van der Waals surface area (Å²) < 4.78 is 0. The van der Waals surface area contributed by atoms with Crippen LogP contribution in [0.3, 0.4) is 0 Å². The molecule has 2 nitrogen and oxygen atoms in total. The highest BCUT2D eigenvalue weighted by molar-refractivity contribution is 7.99. The molecule has 1 unspecified atom stereocenters. The molecule has 1 N–H and O–H groups in total. The van der Waals surface area contributed by atoms with Crippen LogP contribution >= 0.6 is 11.8 Å². The summed E-state index contributed by atoms with van der Waals surface area (Å²) in [6, 6.07) is 0. The van der Waals surface area contributed by atoms with E-state index >= 15 is 0 Å². The van der Waals surface area contributed by atoms with E-state index in [1.807, 2.05) is 0 Å². The van der Waals surface area contributed by atoms with Crippen LogP contribution < -0.4 is 5.32 Å². The van der Waals surface area contributed by atoms with Gasteiger partial charge in [0.1, 0.15) is 0 Å². The van der Waals surface area contributed by atoms with Crippen LogP contribution in [0.15, 0.2) is 0 Å². The third kappa shape index (κ3) is 7.65. The van der Waals surface area contributed by atoms with Crippen LogP contribution in [0.1, 0.15) is 40.0 Å². The molecule has 0 aliphatic carbocycles. The molecule has 0 spiro atoms. The molecule has 0 aromatic carbocycles. The van der Waals surface area contributed by atoms with E-state index in [0.29, 0.717) is 0 Å². The summed E-state index contributed by atoms with van der Waals surface area (Å²) in [6.45, 7) is 13.2. The molecule has 3 heteroatoms. The number of rotatable bonds is 9. The van der Waals surface area contributed by atoms with Gasteiger partial charge in [-0.1, -0.05) is 20.8 Å². The molecule has 0 saturated carbocycles. The molecule has 1 heterocycles. The first kappa shape index (κ1) is 16.3. The van der Waals surface area contributed by atoms with Crippen molar-refractivity contribution in [1.29, 1.82) is 0 Å². The highest BCUT2D eigenvalue weighted by Crippen LogP contribution is 2.16. The first-order chi connectivity index (χ1) is 8.72. The van der Waals surface area contributed by atoms with Gasteiger partial charge in [0.2, 0.25) is 0 Å². The Morgan fingerprint density at radius 2 is 2.22 bits per heavy atom. The monoisotopic (exact) mass is 272 g/mol. The third-order valence-electron chi connectivity index (χ3n) is 3.56. The molecular formula is C15H32N2S. The number of likely N-dealkylation sites (tertiary alicyclic amines) is 1. The number of hydrogen-bond donors (Lipinski definition) is 1. The van der Waals surface area contributed by atoms with Gasteiger partial charge in [-0.2, -0.15) is 11.8 Å². The van der Waals surface area contributed by atoms with E-state index in [-0.39, 0.29) is 0 Å². The van der Waals surface area contributed by atoms with Gasteiger partial charge in [-0.25, -0.2) is 0 Å². The lowest BCUT2D eigenvalue weighted by molar-refractivity contribution is 0.172. The molecule has 1 rings (SSSR count). The smallest absolute Gasteiger partial charge is 0.00218 e. The van der Waals surface area contributed by atoms with Gasteiger partial charge in [-0.15, -0.1) is 0 Å². The van der Waals surface area contributed by atoms with Crippen LogP contribution in [-0.2, 0) is 0 Å². The van der Waals surface area contributed by atoms with Crippen molar-refractivity contribution in [1.82, 2.24) is 10.2 Å². The summed E-state index contributed by atoms with van der Waals surface area (Å²) in [7, 11) is 0. The van der Waals surface area contributed by atoms with Gasteiger partial charge in [0.15, 0.2) is 0 Å². The summed E-state index contributed by atoms with van der Waals surface area (Å²) in [6.07, 6.45) is 4.19. The summed E-state index contributed by atoms with van der Waals surface area (Å²) in [5, 5.41) is 3.62. The van der Waals surface area contributed by atoms with Crippen molar-refractivity contribution in [3.05, 3.63) is 0 Å². The predicted molar refractivity (Wildman–Crippen MR) is 84.5 cm³/mol. The molecular weight excluding hydrogens is 240 g/mol. The quantitative estimate of drug-likeness (QED) is 0.649. The van der Waals surface area contributed by atoms with Crippen LogP contribution in [0.5, 0.6) is 0 Å². The number of nitrogens with zero attached hydrogens (tertiary/aromatic N) is 1. The van der Waals surface area contributed by atoms with Crippen molar-refractivity contribution in [2.45, 2.75) is 40.0 Å². The highest BCUT2D eigenvalue weighted by atomic mass is 32.2. The average Bonchev–Trinajstić information content (AvgIpc) is 2.35. The van der Waals surface area contributed by atoms with E-state index in [1.165, 1.54) is 63.5 Å². The SMILES string of the molecule is CCSCCCN1CCCC(CNCC(C)C)C1. The van der Waals surface area contributed by atoms with Gasteiger partial charge < -0.3 is 10.2 Å². The number of piperidine rings is 1. The van der Waals surface area contributed by atoms with Gasteiger partial charge in [0.25, 0.3) is 0 Å². The van der Waals surface area contributed by atoms with E-state index < -0.39 is 0 Å². The molecule has 0 bridgehead atoms. The topological polar surface area (TPSA) is 15.3 Å². The highest BCUT2D eigenvalue weighted by Gasteiger charge is 2.18. The Morgan fingerprint density at radius 3 is 2.94 bits per heavy atom.